The first-order valence-corrected chi connectivity index (χ1v) is 5.53. The Morgan fingerprint density at radius 1 is 1.25 bits per heavy atom. The highest BCUT2D eigenvalue weighted by Crippen LogP contribution is 2.36. The third kappa shape index (κ3) is 4.84. The zero-order valence-corrected chi connectivity index (χ0v) is 10.6. The highest BCUT2D eigenvalue weighted by Gasteiger charge is 2.33. The van der Waals surface area contributed by atoms with E-state index in [1.54, 1.807) is 0 Å². The number of hydrogen-bond acceptors (Lipinski definition) is 3. The number of ketones is 1. The van der Waals surface area contributed by atoms with E-state index < -0.39 is 35.6 Å². The maximum Gasteiger partial charge on any atom is 0.573 e. The zero-order chi connectivity index (χ0) is 15.5. The van der Waals surface area contributed by atoms with Gasteiger partial charge in [-0.05, 0) is 24.6 Å². The summed E-state index contributed by atoms with van der Waals surface area (Å²) in [7, 11) is 0. The minimum Gasteiger partial charge on any atom is -0.431 e. The average Bonchev–Trinajstić information content (AvgIpc) is 2.27. The molecule has 0 aliphatic rings. The van der Waals surface area contributed by atoms with E-state index in [0.29, 0.717) is 0 Å². The van der Waals surface area contributed by atoms with E-state index in [1.807, 2.05) is 0 Å². The van der Waals surface area contributed by atoms with Crippen molar-refractivity contribution < 1.29 is 36.2 Å². The van der Waals surface area contributed by atoms with Gasteiger partial charge in [-0.15, -0.1) is 24.8 Å². The van der Waals surface area contributed by atoms with Crippen LogP contribution in [0.3, 0.4) is 0 Å². The highest BCUT2D eigenvalue weighted by molar-refractivity contribution is 6.30. The molecule has 1 unspecified atom stereocenters. The number of carbonyl (C=O) groups is 1. The molecule has 0 aliphatic heterocycles. The van der Waals surface area contributed by atoms with Crippen LogP contribution >= 0.6 is 11.6 Å². The first-order chi connectivity index (χ1) is 9.10. The van der Waals surface area contributed by atoms with Crippen LogP contribution in [0.5, 0.6) is 11.5 Å². The molecule has 9 heteroatoms. The number of benzene rings is 1. The van der Waals surface area contributed by atoms with Gasteiger partial charge < -0.3 is 9.47 Å². The van der Waals surface area contributed by atoms with Crippen LogP contribution in [0.25, 0.3) is 0 Å². The molecule has 0 amide bonds. The molecule has 0 fully saturated rings. The monoisotopic (exact) mass is 318 g/mol. The van der Waals surface area contributed by atoms with Gasteiger partial charge in [0.1, 0.15) is 5.38 Å². The van der Waals surface area contributed by atoms with Crippen LogP contribution in [-0.2, 0) is 4.79 Å². The summed E-state index contributed by atoms with van der Waals surface area (Å²) >= 11 is 5.67. The lowest BCUT2D eigenvalue weighted by molar-refractivity contribution is -0.275. The molecule has 1 rings (SSSR count). The van der Waals surface area contributed by atoms with Crippen LogP contribution < -0.4 is 9.47 Å². The second kappa shape index (κ2) is 6.25. The third-order valence-corrected chi connectivity index (χ3v) is 2.62. The molecule has 0 spiro atoms. The highest BCUT2D eigenvalue weighted by atomic mass is 35.5. The predicted octanol–water partition coefficient (Wildman–Crippen LogP) is 4.06. The van der Waals surface area contributed by atoms with E-state index in [-0.39, 0.29) is 5.56 Å². The fourth-order valence-corrected chi connectivity index (χ4v) is 1.45. The largest absolute Gasteiger partial charge is 0.573 e. The maximum atomic E-state index is 12.2. The van der Waals surface area contributed by atoms with E-state index in [9.17, 15) is 26.7 Å². The van der Waals surface area contributed by atoms with Crippen LogP contribution in [0.2, 0.25) is 0 Å². The number of alkyl halides is 6. The van der Waals surface area contributed by atoms with Gasteiger partial charge in [0.15, 0.2) is 17.3 Å². The average molecular weight is 319 g/mol. The summed E-state index contributed by atoms with van der Waals surface area (Å²) in [6, 6.07) is 2.64. The van der Waals surface area contributed by atoms with E-state index in [4.69, 9.17) is 11.6 Å². The van der Waals surface area contributed by atoms with Crippen molar-refractivity contribution in [2.24, 2.45) is 0 Å². The molecule has 0 aliphatic carbocycles. The first-order valence-electron chi connectivity index (χ1n) is 5.09. The Bertz CT molecular complexity index is 489. The van der Waals surface area contributed by atoms with Crippen molar-refractivity contribution in [1.29, 1.82) is 0 Å². The number of carbonyl (C=O) groups excluding carboxylic acids is 1. The van der Waals surface area contributed by atoms with E-state index in [1.165, 1.54) is 0 Å². The Kier molecular flexibility index (Phi) is 5.15. The van der Waals surface area contributed by atoms with Gasteiger partial charge in [-0.25, -0.2) is 0 Å². The lowest BCUT2D eigenvalue weighted by atomic mass is 10.1. The molecule has 0 bridgehead atoms. The summed E-state index contributed by atoms with van der Waals surface area (Å²) < 4.78 is 68.2. The van der Waals surface area contributed by atoms with Crippen molar-refractivity contribution in [3.63, 3.8) is 0 Å². The lowest BCUT2D eigenvalue weighted by Crippen LogP contribution is -2.18. The van der Waals surface area contributed by atoms with Gasteiger partial charge in [-0.2, -0.15) is 8.78 Å². The van der Waals surface area contributed by atoms with E-state index in [2.05, 4.69) is 9.47 Å². The molecule has 0 radical (unpaired) electrons. The van der Waals surface area contributed by atoms with Gasteiger partial charge in [0.2, 0.25) is 0 Å². The maximum absolute atomic E-state index is 12.2. The predicted molar refractivity (Wildman–Crippen MR) is 59.0 cm³/mol. The van der Waals surface area contributed by atoms with Gasteiger partial charge in [-0.3, -0.25) is 4.79 Å². The van der Waals surface area contributed by atoms with Gasteiger partial charge >= 0.3 is 13.0 Å². The molecule has 0 aromatic heterocycles. The van der Waals surface area contributed by atoms with Crippen molar-refractivity contribution in [3.8, 4) is 11.5 Å². The van der Waals surface area contributed by atoms with Crippen molar-refractivity contribution in [2.75, 3.05) is 0 Å². The minimum atomic E-state index is -5.10. The molecule has 0 N–H and O–H groups in total. The molecule has 20 heavy (non-hydrogen) atoms. The van der Waals surface area contributed by atoms with Crippen LogP contribution in [-0.4, -0.2) is 18.8 Å². The number of hydrogen-bond donors (Lipinski definition) is 0. The Morgan fingerprint density at radius 3 is 2.30 bits per heavy atom. The number of halogens is 6. The topological polar surface area (TPSA) is 35.5 Å². The van der Waals surface area contributed by atoms with Crippen molar-refractivity contribution >= 4 is 17.4 Å². The fraction of sp³-hybridized carbons (Fsp3) is 0.364. The van der Waals surface area contributed by atoms with Gasteiger partial charge in [0.05, 0.1) is 0 Å². The molecular weight excluding hydrogens is 311 g/mol. The Hall–Kier alpha value is -1.57. The van der Waals surface area contributed by atoms with Crippen molar-refractivity contribution in [1.82, 2.24) is 0 Å². The molecule has 1 atom stereocenters. The second-order valence-corrected chi connectivity index (χ2v) is 4.04. The SMILES string of the molecule is CC(=O)C(Cl)c1ccc(OC(F)F)c(OC(F)(F)F)c1. The van der Waals surface area contributed by atoms with Crippen molar-refractivity contribution in [2.45, 2.75) is 25.3 Å². The molecule has 3 nitrogen and oxygen atoms in total. The molecule has 1 aromatic rings. The van der Waals surface area contributed by atoms with E-state index >= 15 is 0 Å². The van der Waals surface area contributed by atoms with Crippen LogP contribution in [0.15, 0.2) is 18.2 Å². The number of rotatable bonds is 5. The minimum absolute atomic E-state index is 0.0277. The molecule has 0 saturated carbocycles. The van der Waals surface area contributed by atoms with E-state index in [0.717, 1.165) is 25.1 Å². The Morgan fingerprint density at radius 2 is 1.85 bits per heavy atom. The summed E-state index contributed by atoms with van der Waals surface area (Å²) in [5, 5.41) is -1.22. The van der Waals surface area contributed by atoms with Crippen LogP contribution in [0.4, 0.5) is 22.0 Å². The number of ether oxygens (including phenoxy) is 2. The number of Topliss-reactive ketones (excluding diaryl/α,β-unsaturated/α-hetero) is 1. The normalized spacial score (nSPS) is 13.2. The third-order valence-electron chi connectivity index (χ3n) is 2.06. The van der Waals surface area contributed by atoms with Gasteiger partial charge in [-0.1, -0.05) is 6.07 Å². The van der Waals surface area contributed by atoms with Crippen molar-refractivity contribution in [3.05, 3.63) is 23.8 Å². The standard InChI is InChI=1S/C11H8ClF5O3/c1-5(18)9(12)6-2-3-7(19-10(13)14)8(4-6)20-11(15,16)17/h2-4,9-10H,1H3. The zero-order valence-electron chi connectivity index (χ0n) is 9.88. The van der Waals surface area contributed by atoms with Gasteiger partial charge in [0, 0.05) is 0 Å². The summed E-state index contributed by atoms with van der Waals surface area (Å²) in [6.07, 6.45) is -5.10. The summed E-state index contributed by atoms with van der Waals surface area (Å²) in [4.78, 5) is 11.1. The first kappa shape index (κ1) is 16.5. The molecule has 0 saturated heterocycles. The van der Waals surface area contributed by atoms with Crippen LogP contribution in [0, 0.1) is 0 Å². The van der Waals surface area contributed by atoms with Gasteiger partial charge in [0.25, 0.3) is 0 Å². The summed E-state index contributed by atoms with van der Waals surface area (Å²) in [5.74, 6) is -2.33. The molecular formula is C11H8ClF5O3. The quantitative estimate of drug-likeness (QED) is 0.607. The second-order valence-electron chi connectivity index (χ2n) is 3.61. The van der Waals surface area contributed by atoms with Crippen LogP contribution in [0.1, 0.15) is 17.9 Å². The molecule has 0 heterocycles. The Balaban J connectivity index is 3.17. The molecule has 1 aromatic carbocycles. The summed E-state index contributed by atoms with van der Waals surface area (Å²) in [6.45, 7) is -2.19. The molecule has 112 valence electrons. The summed E-state index contributed by atoms with van der Waals surface area (Å²) in [5.41, 5.74) is -0.0277. The lowest BCUT2D eigenvalue weighted by Gasteiger charge is -2.15. The fourth-order valence-electron chi connectivity index (χ4n) is 1.31. The Labute approximate surface area is 115 Å². The smallest absolute Gasteiger partial charge is 0.431 e.